The molecule has 0 unspecified atom stereocenters. The lowest BCUT2D eigenvalue weighted by Gasteiger charge is -2.08. The third kappa shape index (κ3) is 3.32. The highest BCUT2D eigenvalue weighted by atomic mass is 35.5. The Kier molecular flexibility index (Phi) is 4.29. The molecule has 1 aromatic rings. The first kappa shape index (κ1) is 12.2. The Morgan fingerprint density at radius 3 is 2.67 bits per heavy atom. The van der Waals surface area contributed by atoms with Crippen molar-refractivity contribution in [2.75, 3.05) is 5.88 Å². The van der Waals surface area contributed by atoms with Crippen molar-refractivity contribution in [3.05, 3.63) is 28.8 Å². The van der Waals surface area contributed by atoms with Crippen LogP contribution in [0.2, 0.25) is 5.02 Å². The molecular weight excluding hydrogens is 249 g/mol. The molecule has 0 bridgehead atoms. The summed E-state index contributed by atoms with van der Waals surface area (Å²) in [4.78, 5) is 11.3. The summed E-state index contributed by atoms with van der Waals surface area (Å²) < 4.78 is 28.1. The Morgan fingerprint density at radius 1 is 1.47 bits per heavy atom. The molecule has 0 radical (unpaired) electrons. The van der Waals surface area contributed by atoms with Crippen LogP contribution in [0.25, 0.3) is 0 Å². The van der Waals surface area contributed by atoms with Crippen LogP contribution in [0.4, 0.5) is 8.78 Å². The lowest BCUT2D eigenvalue weighted by molar-refractivity contribution is -0.0501. The van der Waals surface area contributed by atoms with Crippen molar-refractivity contribution in [1.82, 2.24) is 0 Å². The smallest absolute Gasteiger partial charge is 0.387 e. The Hall–Kier alpha value is -0.870. The number of benzene rings is 1. The SMILES string of the molecule is O=C(CCl)c1cc(Cl)ccc1OC(F)F. The van der Waals surface area contributed by atoms with Crippen LogP contribution < -0.4 is 4.74 Å². The van der Waals surface area contributed by atoms with Crippen molar-refractivity contribution >= 4 is 29.0 Å². The molecule has 0 heterocycles. The summed E-state index contributed by atoms with van der Waals surface area (Å²) in [5.41, 5.74) is -0.0437. The van der Waals surface area contributed by atoms with Gasteiger partial charge in [-0.05, 0) is 18.2 Å². The summed E-state index contributed by atoms with van der Waals surface area (Å²) >= 11 is 10.9. The number of Topliss-reactive ketones (excluding diaryl/α,β-unsaturated/α-hetero) is 1. The van der Waals surface area contributed by atoms with Gasteiger partial charge in [0.2, 0.25) is 0 Å². The molecule has 0 atom stereocenters. The molecule has 1 rings (SSSR count). The topological polar surface area (TPSA) is 26.3 Å². The zero-order valence-corrected chi connectivity index (χ0v) is 8.86. The van der Waals surface area contributed by atoms with Crippen LogP contribution in [0.5, 0.6) is 5.75 Å². The molecule has 0 aromatic heterocycles. The zero-order valence-electron chi connectivity index (χ0n) is 7.34. The highest BCUT2D eigenvalue weighted by molar-refractivity contribution is 6.33. The van der Waals surface area contributed by atoms with Gasteiger partial charge in [0.1, 0.15) is 5.75 Å². The van der Waals surface area contributed by atoms with Crippen LogP contribution in [-0.2, 0) is 0 Å². The number of alkyl halides is 3. The number of carbonyl (C=O) groups excluding carboxylic acids is 1. The highest BCUT2D eigenvalue weighted by Gasteiger charge is 2.15. The predicted octanol–water partition coefficient (Wildman–Crippen LogP) is 3.36. The zero-order chi connectivity index (χ0) is 11.4. The summed E-state index contributed by atoms with van der Waals surface area (Å²) in [5, 5.41) is 0.255. The maximum absolute atomic E-state index is 12.0. The summed E-state index contributed by atoms with van der Waals surface area (Å²) in [7, 11) is 0. The van der Waals surface area contributed by atoms with E-state index in [1.807, 2.05) is 0 Å². The van der Waals surface area contributed by atoms with E-state index >= 15 is 0 Å². The van der Waals surface area contributed by atoms with E-state index in [-0.39, 0.29) is 22.2 Å². The lowest BCUT2D eigenvalue weighted by Crippen LogP contribution is -2.08. The first-order valence-corrected chi connectivity index (χ1v) is 4.79. The van der Waals surface area contributed by atoms with Gasteiger partial charge in [-0.15, -0.1) is 11.6 Å². The molecule has 0 spiro atoms. The number of halogens is 4. The summed E-state index contributed by atoms with van der Waals surface area (Å²) in [5.74, 6) is -1.06. The fraction of sp³-hybridized carbons (Fsp3) is 0.222. The Labute approximate surface area is 94.7 Å². The van der Waals surface area contributed by atoms with Crippen molar-refractivity contribution in [3.8, 4) is 5.75 Å². The Bertz CT molecular complexity index is 369. The third-order valence-electron chi connectivity index (χ3n) is 1.58. The fourth-order valence-electron chi connectivity index (χ4n) is 0.991. The largest absolute Gasteiger partial charge is 0.434 e. The highest BCUT2D eigenvalue weighted by Crippen LogP contribution is 2.25. The van der Waals surface area contributed by atoms with E-state index in [1.54, 1.807) is 0 Å². The van der Waals surface area contributed by atoms with E-state index in [4.69, 9.17) is 23.2 Å². The second kappa shape index (κ2) is 5.28. The van der Waals surface area contributed by atoms with Crippen LogP contribution in [0.3, 0.4) is 0 Å². The normalized spacial score (nSPS) is 10.5. The van der Waals surface area contributed by atoms with Gasteiger partial charge < -0.3 is 4.74 Å². The standard InChI is InChI=1S/C9H6Cl2F2O2/c10-4-7(14)6-3-5(11)1-2-8(6)15-9(12)13/h1-3,9H,4H2. The van der Waals surface area contributed by atoms with E-state index in [9.17, 15) is 13.6 Å². The molecule has 0 amide bonds. The van der Waals surface area contributed by atoms with Gasteiger partial charge >= 0.3 is 6.61 Å². The van der Waals surface area contributed by atoms with Crippen molar-refractivity contribution in [2.45, 2.75) is 6.61 Å². The molecule has 0 N–H and O–H groups in total. The second-order valence-electron chi connectivity index (χ2n) is 2.58. The van der Waals surface area contributed by atoms with Crippen molar-refractivity contribution in [3.63, 3.8) is 0 Å². The molecule has 0 saturated heterocycles. The van der Waals surface area contributed by atoms with Crippen molar-refractivity contribution in [1.29, 1.82) is 0 Å². The van der Waals surface area contributed by atoms with Crippen molar-refractivity contribution < 1.29 is 18.3 Å². The quantitative estimate of drug-likeness (QED) is 0.609. The maximum Gasteiger partial charge on any atom is 0.387 e. The molecule has 0 fully saturated rings. The fourth-order valence-corrected chi connectivity index (χ4v) is 1.31. The van der Waals surface area contributed by atoms with E-state index < -0.39 is 12.4 Å². The van der Waals surface area contributed by atoms with Crippen LogP contribution >= 0.6 is 23.2 Å². The summed E-state index contributed by atoms with van der Waals surface area (Å²) in [6.07, 6.45) is 0. The molecule has 2 nitrogen and oxygen atoms in total. The number of ether oxygens (including phenoxy) is 1. The minimum absolute atomic E-state index is 0.0437. The van der Waals surface area contributed by atoms with E-state index in [0.717, 1.165) is 0 Å². The van der Waals surface area contributed by atoms with Crippen LogP contribution in [-0.4, -0.2) is 18.3 Å². The minimum Gasteiger partial charge on any atom is -0.434 e. The van der Waals surface area contributed by atoms with Gasteiger partial charge in [-0.25, -0.2) is 0 Å². The van der Waals surface area contributed by atoms with E-state index in [1.165, 1.54) is 18.2 Å². The Morgan fingerprint density at radius 2 is 2.13 bits per heavy atom. The predicted molar refractivity (Wildman–Crippen MR) is 53.1 cm³/mol. The van der Waals surface area contributed by atoms with Crippen LogP contribution in [0.1, 0.15) is 10.4 Å². The summed E-state index contributed by atoms with van der Waals surface area (Å²) in [6.45, 7) is -2.99. The third-order valence-corrected chi connectivity index (χ3v) is 2.06. The molecule has 0 aliphatic rings. The van der Waals surface area contributed by atoms with Gasteiger partial charge in [-0.1, -0.05) is 11.6 Å². The first-order chi connectivity index (χ1) is 7.04. The number of hydrogen-bond donors (Lipinski definition) is 0. The molecular formula is C9H6Cl2F2O2. The molecule has 82 valence electrons. The molecule has 1 aromatic carbocycles. The molecule has 6 heteroatoms. The average Bonchev–Trinajstić information content (AvgIpc) is 2.19. The van der Waals surface area contributed by atoms with Gasteiger partial charge in [-0.2, -0.15) is 8.78 Å². The number of rotatable bonds is 4. The maximum atomic E-state index is 12.0. The number of hydrogen-bond acceptors (Lipinski definition) is 2. The minimum atomic E-state index is -2.99. The molecule has 15 heavy (non-hydrogen) atoms. The van der Waals surface area contributed by atoms with Gasteiger partial charge in [0.25, 0.3) is 0 Å². The number of ketones is 1. The van der Waals surface area contributed by atoms with Crippen molar-refractivity contribution in [2.24, 2.45) is 0 Å². The monoisotopic (exact) mass is 254 g/mol. The Balaban J connectivity index is 3.08. The average molecular weight is 255 g/mol. The van der Waals surface area contributed by atoms with Gasteiger partial charge in [-0.3, -0.25) is 4.79 Å². The molecule has 0 saturated carbocycles. The van der Waals surface area contributed by atoms with Crippen LogP contribution in [0, 0.1) is 0 Å². The lowest BCUT2D eigenvalue weighted by atomic mass is 10.1. The van der Waals surface area contributed by atoms with Gasteiger partial charge in [0.15, 0.2) is 5.78 Å². The second-order valence-corrected chi connectivity index (χ2v) is 3.28. The van der Waals surface area contributed by atoms with Crippen LogP contribution in [0.15, 0.2) is 18.2 Å². The molecule has 0 aliphatic heterocycles. The summed E-state index contributed by atoms with van der Waals surface area (Å²) in [6, 6.07) is 3.79. The van der Waals surface area contributed by atoms with E-state index in [0.29, 0.717) is 0 Å². The van der Waals surface area contributed by atoms with E-state index in [2.05, 4.69) is 4.74 Å². The molecule has 0 aliphatic carbocycles. The number of carbonyl (C=O) groups is 1. The first-order valence-electron chi connectivity index (χ1n) is 3.88. The van der Waals surface area contributed by atoms with Gasteiger partial charge in [0.05, 0.1) is 11.4 Å². The van der Waals surface area contributed by atoms with Gasteiger partial charge in [0, 0.05) is 5.02 Å².